The molecule has 2 amide bonds. The molecule has 0 unspecified atom stereocenters. The average molecular weight is 274 g/mol. The molecule has 0 heterocycles. The van der Waals surface area contributed by atoms with E-state index in [0.717, 1.165) is 12.8 Å². The Morgan fingerprint density at radius 2 is 1.45 bits per heavy atom. The quantitative estimate of drug-likeness (QED) is 0.614. The largest absolute Gasteiger partial charge is 0.271 e. The average Bonchev–Trinajstić information content (AvgIpc) is 2.47. The second-order valence-corrected chi connectivity index (χ2v) is 3.90. The molecule has 6 heteroatoms. The van der Waals surface area contributed by atoms with Gasteiger partial charge in [0.2, 0.25) is 0 Å². The molecule has 1 rings (SSSR count). The van der Waals surface area contributed by atoms with Crippen LogP contribution in [-0.4, -0.2) is 24.2 Å². The third kappa shape index (κ3) is 5.01. The highest BCUT2D eigenvalue weighted by atomic mass is 16.2. The molecule has 0 spiro atoms. The standard InChI is InChI=1S/C14H18N4O2/c1-3-8-15-17-13(19)11-6-5-7-12(10-11)14(20)18-16-9-4-2/h5-10H,3-4H2,1-2H3,(H,17,19)(H,18,20)/b15-8-,16-9-. The molecule has 1 aromatic carbocycles. The first-order valence-corrected chi connectivity index (χ1v) is 6.42. The summed E-state index contributed by atoms with van der Waals surface area (Å²) in [6.07, 6.45) is 4.65. The molecule has 20 heavy (non-hydrogen) atoms. The third-order valence-corrected chi connectivity index (χ3v) is 2.27. The van der Waals surface area contributed by atoms with Crippen molar-refractivity contribution >= 4 is 24.2 Å². The van der Waals surface area contributed by atoms with E-state index in [9.17, 15) is 9.59 Å². The van der Waals surface area contributed by atoms with Crippen LogP contribution in [0.5, 0.6) is 0 Å². The van der Waals surface area contributed by atoms with E-state index in [2.05, 4.69) is 21.1 Å². The highest BCUT2D eigenvalue weighted by molar-refractivity contribution is 5.99. The van der Waals surface area contributed by atoms with Crippen molar-refractivity contribution in [1.29, 1.82) is 0 Å². The lowest BCUT2D eigenvalue weighted by Gasteiger charge is -2.03. The summed E-state index contributed by atoms with van der Waals surface area (Å²) in [5.41, 5.74) is 5.51. The molecule has 0 atom stereocenters. The van der Waals surface area contributed by atoms with Crippen LogP contribution in [0.15, 0.2) is 34.5 Å². The van der Waals surface area contributed by atoms with Gasteiger partial charge in [-0.05, 0) is 31.0 Å². The number of rotatable bonds is 6. The van der Waals surface area contributed by atoms with Gasteiger partial charge in [-0.1, -0.05) is 19.9 Å². The normalized spacial score (nSPS) is 10.9. The van der Waals surface area contributed by atoms with E-state index in [-0.39, 0.29) is 11.8 Å². The second kappa shape index (κ2) is 8.58. The summed E-state index contributed by atoms with van der Waals surface area (Å²) >= 11 is 0. The van der Waals surface area contributed by atoms with Crippen LogP contribution in [0.1, 0.15) is 47.4 Å². The van der Waals surface area contributed by atoms with Gasteiger partial charge in [-0.2, -0.15) is 10.2 Å². The van der Waals surface area contributed by atoms with Gasteiger partial charge in [0.25, 0.3) is 11.8 Å². The molecule has 0 bridgehead atoms. The van der Waals surface area contributed by atoms with Gasteiger partial charge in [0.05, 0.1) is 0 Å². The molecule has 0 aliphatic rings. The SMILES string of the molecule is CC/C=N\NC(=O)c1cccc(C(=O)N/N=C\CC)c1. The fraction of sp³-hybridized carbons (Fsp3) is 0.286. The summed E-state index contributed by atoms with van der Waals surface area (Å²) in [6, 6.07) is 6.36. The van der Waals surface area contributed by atoms with Crippen LogP contribution in [0.25, 0.3) is 0 Å². The summed E-state index contributed by atoms with van der Waals surface area (Å²) in [5.74, 6) is -0.720. The number of carbonyl (C=O) groups is 2. The Bertz CT molecular complexity index is 480. The Kier molecular flexibility index (Phi) is 6.67. The summed E-state index contributed by atoms with van der Waals surface area (Å²) in [4.78, 5) is 23.5. The maximum absolute atomic E-state index is 11.8. The lowest BCUT2D eigenvalue weighted by molar-refractivity contribution is 0.0954. The molecule has 1 aromatic rings. The van der Waals surface area contributed by atoms with E-state index in [0.29, 0.717) is 11.1 Å². The molecule has 0 radical (unpaired) electrons. The van der Waals surface area contributed by atoms with Crippen molar-refractivity contribution in [2.45, 2.75) is 26.7 Å². The predicted octanol–water partition coefficient (Wildman–Crippen LogP) is 1.94. The molecule has 106 valence electrons. The Hall–Kier alpha value is -2.50. The van der Waals surface area contributed by atoms with Gasteiger partial charge < -0.3 is 0 Å². The van der Waals surface area contributed by atoms with Crippen molar-refractivity contribution < 1.29 is 9.59 Å². The van der Waals surface area contributed by atoms with Crippen LogP contribution in [0, 0.1) is 0 Å². The Labute approximate surface area is 118 Å². The van der Waals surface area contributed by atoms with Crippen molar-refractivity contribution in [2.75, 3.05) is 0 Å². The van der Waals surface area contributed by atoms with E-state index < -0.39 is 0 Å². The fourth-order valence-corrected chi connectivity index (χ4v) is 1.32. The first-order valence-electron chi connectivity index (χ1n) is 6.42. The van der Waals surface area contributed by atoms with Gasteiger partial charge in [-0.15, -0.1) is 0 Å². The zero-order valence-electron chi connectivity index (χ0n) is 11.6. The Balaban J connectivity index is 2.74. The third-order valence-electron chi connectivity index (χ3n) is 2.27. The molecule has 0 aliphatic carbocycles. The maximum atomic E-state index is 11.8. The van der Waals surface area contributed by atoms with Gasteiger partial charge in [0, 0.05) is 23.6 Å². The lowest BCUT2D eigenvalue weighted by atomic mass is 10.1. The van der Waals surface area contributed by atoms with Gasteiger partial charge in [0.1, 0.15) is 0 Å². The molecule has 0 saturated heterocycles. The van der Waals surface area contributed by atoms with Gasteiger partial charge in [-0.25, -0.2) is 10.9 Å². The number of nitrogens with zero attached hydrogens (tertiary/aromatic N) is 2. The maximum Gasteiger partial charge on any atom is 0.271 e. The van der Waals surface area contributed by atoms with Gasteiger partial charge in [0.15, 0.2) is 0 Å². The van der Waals surface area contributed by atoms with Crippen LogP contribution < -0.4 is 10.9 Å². The lowest BCUT2D eigenvalue weighted by Crippen LogP contribution is -2.20. The first-order chi connectivity index (χ1) is 9.69. The zero-order chi connectivity index (χ0) is 14.8. The molecular weight excluding hydrogens is 256 g/mol. The van der Waals surface area contributed by atoms with Gasteiger partial charge in [-0.3, -0.25) is 9.59 Å². The predicted molar refractivity (Wildman–Crippen MR) is 78.9 cm³/mol. The minimum Gasteiger partial charge on any atom is -0.267 e. The molecule has 0 aromatic heterocycles. The highest BCUT2D eigenvalue weighted by Gasteiger charge is 2.09. The minimum atomic E-state index is -0.360. The van der Waals surface area contributed by atoms with E-state index in [1.807, 2.05) is 13.8 Å². The van der Waals surface area contributed by atoms with E-state index in [4.69, 9.17) is 0 Å². The first kappa shape index (κ1) is 15.6. The number of nitrogens with one attached hydrogen (secondary N) is 2. The monoisotopic (exact) mass is 274 g/mol. The number of hydrazone groups is 2. The van der Waals surface area contributed by atoms with Crippen LogP contribution in [0.2, 0.25) is 0 Å². The Morgan fingerprint density at radius 1 is 1.00 bits per heavy atom. The number of hydrogen-bond donors (Lipinski definition) is 2. The van der Waals surface area contributed by atoms with Crippen LogP contribution in [0.4, 0.5) is 0 Å². The molecule has 0 saturated carbocycles. The van der Waals surface area contributed by atoms with Crippen LogP contribution >= 0.6 is 0 Å². The number of amides is 2. The molecule has 2 N–H and O–H groups in total. The summed E-state index contributed by atoms with van der Waals surface area (Å²) in [7, 11) is 0. The minimum absolute atomic E-state index is 0.360. The van der Waals surface area contributed by atoms with Gasteiger partial charge >= 0.3 is 0 Å². The van der Waals surface area contributed by atoms with Crippen molar-refractivity contribution in [3.05, 3.63) is 35.4 Å². The van der Waals surface area contributed by atoms with Crippen molar-refractivity contribution in [3.63, 3.8) is 0 Å². The molecule has 6 nitrogen and oxygen atoms in total. The number of carbonyl (C=O) groups excluding carboxylic acids is 2. The van der Waals surface area contributed by atoms with E-state index >= 15 is 0 Å². The van der Waals surface area contributed by atoms with Crippen molar-refractivity contribution in [1.82, 2.24) is 10.9 Å². The van der Waals surface area contributed by atoms with Crippen molar-refractivity contribution in [2.24, 2.45) is 10.2 Å². The van der Waals surface area contributed by atoms with Crippen LogP contribution in [0.3, 0.4) is 0 Å². The number of hydrogen-bond acceptors (Lipinski definition) is 4. The second-order valence-electron chi connectivity index (χ2n) is 3.90. The molecule has 0 fully saturated rings. The van der Waals surface area contributed by atoms with Crippen LogP contribution in [-0.2, 0) is 0 Å². The summed E-state index contributed by atoms with van der Waals surface area (Å²) in [5, 5.41) is 7.51. The fourth-order valence-electron chi connectivity index (χ4n) is 1.32. The zero-order valence-corrected chi connectivity index (χ0v) is 11.6. The van der Waals surface area contributed by atoms with E-state index in [1.54, 1.807) is 30.6 Å². The molecule has 0 aliphatic heterocycles. The Morgan fingerprint density at radius 3 is 1.85 bits per heavy atom. The smallest absolute Gasteiger partial charge is 0.267 e. The van der Waals surface area contributed by atoms with E-state index in [1.165, 1.54) is 6.07 Å². The summed E-state index contributed by atoms with van der Waals surface area (Å²) in [6.45, 7) is 3.83. The summed E-state index contributed by atoms with van der Waals surface area (Å²) < 4.78 is 0. The number of benzene rings is 1. The highest BCUT2D eigenvalue weighted by Crippen LogP contribution is 2.05. The van der Waals surface area contributed by atoms with Crippen molar-refractivity contribution in [3.8, 4) is 0 Å². The topological polar surface area (TPSA) is 82.9 Å². The molecular formula is C14H18N4O2.